The van der Waals surface area contributed by atoms with E-state index in [1.807, 2.05) is 0 Å². The fourth-order valence-corrected chi connectivity index (χ4v) is 4.76. The minimum atomic E-state index is 0.268. The van der Waals surface area contributed by atoms with Crippen LogP contribution >= 0.6 is 11.6 Å². The summed E-state index contributed by atoms with van der Waals surface area (Å²) in [6.07, 6.45) is 9.97. The first-order valence-corrected chi connectivity index (χ1v) is 5.85. The van der Waals surface area contributed by atoms with Crippen molar-refractivity contribution < 1.29 is 0 Å². The van der Waals surface area contributed by atoms with Gasteiger partial charge in [0.15, 0.2) is 0 Å². The lowest BCUT2D eigenvalue weighted by molar-refractivity contribution is 0.0168. The molecule has 4 unspecified atom stereocenters. The van der Waals surface area contributed by atoms with Crippen LogP contribution in [0.5, 0.6) is 0 Å². The van der Waals surface area contributed by atoms with Crippen molar-refractivity contribution in [1.29, 1.82) is 0 Å². The third-order valence-corrected chi connectivity index (χ3v) is 5.17. The molecule has 4 bridgehead atoms. The molecule has 1 heteroatoms. The fourth-order valence-electron chi connectivity index (χ4n) is 4.12. The maximum Gasteiger partial charge on any atom is 0.0480 e. The van der Waals surface area contributed by atoms with Gasteiger partial charge in [-0.15, -0.1) is 11.6 Å². The molecule has 0 aromatic heterocycles. The van der Waals surface area contributed by atoms with Gasteiger partial charge in [0.25, 0.3) is 0 Å². The Bertz CT molecular complexity index is 201. The summed E-state index contributed by atoms with van der Waals surface area (Å²) < 4.78 is 0. The van der Waals surface area contributed by atoms with E-state index < -0.39 is 0 Å². The molecule has 0 aromatic carbocycles. The smallest absolute Gasteiger partial charge is 0.0480 e. The zero-order chi connectivity index (χ0) is 8.18. The molecule has 0 aromatic rings. The predicted octanol–water partition coefficient (Wildman–Crippen LogP) is 3.58. The lowest BCUT2D eigenvalue weighted by atomic mass is 9.54. The number of hydrogen-bond donors (Lipinski definition) is 0. The highest BCUT2D eigenvalue weighted by molar-refractivity contribution is 6.24. The van der Waals surface area contributed by atoms with E-state index >= 15 is 0 Å². The highest BCUT2D eigenvalue weighted by Gasteiger charge is 2.52. The Hall–Kier alpha value is 0.290. The van der Waals surface area contributed by atoms with Crippen molar-refractivity contribution in [1.82, 2.24) is 0 Å². The molecule has 4 atom stereocenters. The molecule has 0 heterocycles. The number of fused-ring (bicyclic) bond motifs is 1. The van der Waals surface area contributed by atoms with Gasteiger partial charge in [0.1, 0.15) is 0 Å². The van der Waals surface area contributed by atoms with Crippen molar-refractivity contribution in [3.05, 3.63) is 0 Å². The minimum absolute atomic E-state index is 0.268. The minimum Gasteiger partial charge on any atom is -0.119 e. The van der Waals surface area contributed by atoms with Crippen molar-refractivity contribution in [3.63, 3.8) is 0 Å². The van der Waals surface area contributed by atoms with E-state index in [0.717, 1.165) is 17.8 Å². The Morgan fingerprint density at radius 2 is 2.08 bits per heavy atom. The maximum atomic E-state index is 6.70. The van der Waals surface area contributed by atoms with Crippen molar-refractivity contribution in [3.8, 4) is 0 Å². The first-order chi connectivity index (χ1) is 5.78. The van der Waals surface area contributed by atoms with Gasteiger partial charge in [0.2, 0.25) is 0 Å². The zero-order valence-corrected chi connectivity index (χ0v) is 8.32. The third kappa shape index (κ3) is 0.907. The van der Waals surface area contributed by atoms with E-state index in [9.17, 15) is 0 Å². The van der Waals surface area contributed by atoms with E-state index in [1.54, 1.807) is 0 Å². The van der Waals surface area contributed by atoms with Crippen molar-refractivity contribution in [2.75, 3.05) is 0 Å². The van der Waals surface area contributed by atoms with Gasteiger partial charge in [-0.3, -0.25) is 0 Å². The van der Waals surface area contributed by atoms with Crippen LogP contribution in [0.3, 0.4) is 0 Å². The van der Waals surface area contributed by atoms with E-state index in [1.165, 1.54) is 44.9 Å². The molecule has 4 aliphatic rings. The lowest BCUT2D eigenvalue weighted by Gasteiger charge is -2.55. The first-order valence-electron chi connectivity index (χ1n) is 5.47. The van der Waals surface area contributed by atoms with Crippen LogP contribution in [0.1, 0.15) is 44.9 Å². The summed E-state index contributed by atoms with van der Waals surface area (Å²) in [6.45, 7) is 0. The monoisotopic (exact) mass is 184 g/mol. The SMILES string of the molecule is ClC12CCCC3CC(CCC31)C2. The largest absolute Gasteiger partial charge is 0.119 e. The molecule has 4 rings (SSSR count). The van der Waals surface area contributed by atoms with E-state index in [0.29, 0.717) is 0 Å². The molecule has 12 heavy (non-hydrogen) atoms. The van der Waals surface area contributed by atoms with Crippen LogP contribution in [0, 0.1) is 17.8 Å². The fraction of sp³-hybridized carbons (Fsp3) is 1.00. The highest BCUT2D eigenvalue weighted by Crippen LogP contribution is 2.59. The molecule has 0 amide bonds. The van der Waals surface area contributed by atoms with Crippen LogP contribution in [0.4, 0.5) is 0 Å². The van der Waals surface area contributed by atoms with Gasteiger partial charge in [0, 0.05) is 4.87 Å². The molecule has 0 saturated heterocycles. The predicted molar refractivity (Wildman–Crippen MR) is 51.4 cm³/mol. The molecule has 0 radical (unpaired) electrons. The Labute approximate surface area is 79.7 Å². The van der Waals surface area contributed by atoms with Crippen molar-refractivity contribution in [2.24, 2.45) is 17.8 Å². The number of halogens is 1. The van der Waals surface area contributed by atoms with Crippen LogP contribution in [0.2, 0.25) is 0 Å². The number of hydrogen-bond acceptors (Lipinski definition) is 0. The molecular weight excluding hydrogens is 168 g/mol. The molecule has 4 aliphatic carbocycles. The summed E-state index contributed by atoms with van der Waals surface area (Å²) in [7, 11) is 0. The molecule has 68 valence electrons. The first kappa shape index (κ1) is 7.67. The normalized spacial score (nSPS) is 57.2. The van der Waals surface area contributed by atoms with Gasteiger partial charge in [-0.1, -0.05) is 19.3 Å². The molecule has 0 spiro atoms. The van der Waals surface area contributed by atoms with Crippen LogP contribution in [-0.4, -0.2) is 4.87 Å². The van der Waals surface area contributed by atoms with Crippen LogP contribution < -0.4 is 0 Å². The number of alkyl halides is 1. The Morgan fingerprint density at radius 3 is 2.75 bits per heavy atom. The quantitative estimate of drug-likeness (QED) is 0.505. The van der Waals surface area contributed by atoms with Crippen molar-refractivity contribution >= 4 is 11.6 Å². The second kappa shape index (κ2) is 2.41. The zero-order valence-electron chi connectivity index (χ0n) is 7.56. The molecule has 0 nitrogen and oxygen atoms in total. The number of rotatable bonds is 0. The second-order valence-electron chi connectivity index (χ2n) is 5.18. The molecular formula is C11H17Cl. The van der Waals surface area contributed by atoms with E-state index in [-0.39, 0.29) is 4.87 Å². The van der Waals surface area contributed by atoms with Crippen molar-refractivity contribution in [2.45, 2.75) is 49.8 Å². The van der Waals surface area contributed by atoms with E-state index in [2.05, 4.69) is 0 Å². The summed E-state index contributed by atoms with van der Waals surface area (Å²) in [5.41, 5.74) is 0. The van der Waals surface area contributed by atoms with Gasteiger partial charge < -0.3 is 0 Å². The summed E-state index contributed by atoms with van der Waals surface area (Å²) >= 11 is 6.70. The van der Waals surface area contributed by atoms with Crippen LogP contribution in [-0.2, 0) is 0 Å². The summed E-state index contributed by atoms with van der Waals surface area (Å²) in [5.74, 6) is 2.92. The van der Waals surface area contributed by atoms with Crippen LogP contribution in [0.25, 0.3) is 0 Å². The Morgan fingerprint density at radius 1 is 1.17 bits per heavy atom. The summed E-state index contributed by atoms with van der Waals surface area (Å²) in [5, 5.41) is 0. The van der Waals surface area contributed by atoms with Crippen LogP contribution in [0.15, 0.2) is 0 Å². The third-order valence-electron chi connectivity index (χ3n) is 4.55. The van der Waals surface area contributed by atoms with Gasteiger partial charge in [-0.25, -0.2) is 0 Å². The van der Waals surface area contributed by atoms with Gasteiger partial charge >= 0.3 is 0 Å². The standard InChI is InChI=1S/C11H17Cl/c12-11-5-1-2-9-6-8(7-11)3-4-10(9)11/h8-10H,1-7H2. The van der Waals surface area contributed by atoms with Gasteiger partial charge in [-0.2, -0.15) is 0 Å². The summed E-state index contributed by atoms with van der Waals surface area (Å²) in [4.78, 5) is 0.268. The lowest BCUT2D eigenvalue weighted by Crippen LogP contribution is -2.50. The molecule has 4 saturated carbocycles. The average molecular weight is 185 g/mol. The van der Waals surface area contributed by atoms with Gasteiger partial charge in [-0.05, 0) is 43.4 Å². The average Bonchev–Trinajstić information content (AvgIpc) is 2.03. The topological polar surface area (TPSA) is 0 Å². The van der Waals surface area contributed by atoms with E-state index in [4.69, 9.17) is 11.6 Å². The summed E-state index contributed by atoms with van der Waals surface area (Å²) in [6, 6.07) is 0. The Kier molecular flexibility index (Phi) is 1.54. The maximum absolute atomic E-state index is 6.70. The molecule has 4 fully saturated rings. The molecule has 0 aliphatic heterocycles. The highest BCUT2D eigenvalue weighted by atomic mass is 35.5. The molecule has 0 N–H and O–H groups in total. The second-order valence-corrected chi connectivity index (χ2v) is 5.93. The Balaban J connectivity index is 1.94. The van der Waals surface area contributed by atoms with Gasteiger partial charge in [0.05, 0.1) is 0 Å².